The van der Waals surface area contributed by atoms with Gasteiger partial charge in [-0.3, -0.25) is 9.59 Å². The maximum atomic E-state index is 14.0. The van der Waals surface area contributed by atoms with Gasteiger partial charge in [-0.1, -0.05) is 133 Å². The van der Waals surface area contributed by atoms with Gasteiger partial charge >= 0.3 is 0 Å². The molecule has 8 nitrogen and oxygen atoms in total. The Hall–Kier alpha value is -5.90. The molecule has 6 aromatic rings. The topological polar surface area (TPSA) is 92.0 Å². The Kier molecular flexibility index (Phi) is 10.1. The van der Waals surface area contributed by atoms with Crippen molar-refractivity contribution < 1.29 is 28.6 Å². The predicted molar refractivity (Wildman–Crippen MR) is 195 cm³/mol. The Bertz CT molecular complexity index is 2000. The maximum absolute atomic E-state index is 14.0. The van der Waals surface area contributed by atoms with Gasteiger partial charge < -0.3 is 14.7 Å². The minimum absolute atomic E-state index is 0.138. The monoisotopic (exact) mass is 694 g/mol. The van der Waals surface area contributed by atoms with Crippen LogP contribution in [-0.2, 0) is 4.84 Å². The van der Waals surface area contributed by atoms with E-state index in [9.17, 15) is 14.8 Å². The Morgan fingerprint density at radius 1 is 0.608 bits per heavy atom. The number of thioether (sulfide) groups is 1. The van der Waals surface area contributed by atoms with Crippen molar-refractivity contribution in [3.05, 3.63) is 202 Å². The van der Waals surface area contributed by atoms with Crippen LogP contribution in [0.4, 0.5) is 0 Å². The maximum Gasteiger partial charge on any atom is 0.285 e. The smallest absolute Gasteiger partial charge is 0.285 e. The molecular weight excluding hydrogens is 661 g/mol. The van der Waals surface area contributed by atoms with Gasteiger partial charge in [-0.2, -0.15) is 16.5 Å². The van der Waals surface area contributed by atoms with Gasteiger partial charge in [-0.15, -0.1) is 5.06 Å². The summed E-state index contributed by atoms with van der Waals surface area (Å²) in [4.78, 5) is 32.7. The summed E-state index contributed by atoms with van der Waals surface area (Å²) in [7, 11) is 0. The summed E-state index contributed by atoms with van der Waals surface area (Å²) in [5, 5.41) is 14.8. The third-order valence-electron chi connectivity index (χ3n) is 8.55. The van der Waals surface area contributed by atoms with Crippen LogP contribution in [0, 0.1) is 5.21 Å². The molecule has 1 aromatic heterocycles. The molecule has 0 bridgehead atoms. The number of hydroxylamine groups is 2. The lowest BCUT2D eigenvalue weighted by Gasteiger charge is -2.26. The number of pyridine rings is 1. The van der Waals surface area contributed by atoms with Crippen molar-refractivity contribution >= 4 is 23.6 Å². The molecular formula is C42H34N2O6S. The fraction of sp³-hybridized carbons (Fsp3) is 0.119. The molecule has 51 heavy (non-hydrogen) atoms. The lowest BCUT2D eigenvalue weighted by Crippen LogP contribution is -2.39. The number of nitrogens with zero attached hydrogens (tertiary/aromatic N) is 2. The highest BCUT2D eigenvalue weighted by molar-refractivity contribution is 7.98. The summed E-state index contributed by atoms with van der Waals surface area (Å²) in [5.74, 6) is -0.433. The first-order chi connectivity index (χ1) is 25.0. The van der Waals surface area contributed by atoms with Gasteiger partial charge in [-0.05, 0) is 40.6 Å². The molecule has 1 unspecified atom stereocenters. The van der Waals surface area contributed by atoms with Crippen LogP contribution in [0.1, 0.15) is 67.0 Å². The highest BCUT2D eigenvalue weighted by Gasteiger charge is 2.40. The number of amides is 2. The highest BCUT2D eigenvalue weighted by atomic mass is 32.2. The van der Waals surface area contributed by atoms with Crippen molar-refractivity contribution in [3.63, 3.8) is 0 Å². The molecule has 0 fully saturated rings. The highest BCUT2D eigenvalue weighted by Crippen LogP contribution is 2.40. The molecule has 5 aromatic carbocycles. The number of aromatic nitrogens is 1. The van der Waals surface area contributed by atoms with Crippen LogP contribution in [0.2, 0.25) is 0 Å². The summed E-state index contributed by atoms with van der Waals surface area (Å²) in [6.45, 7) is 0. The van der Waals surface area contributed by atoms with E-state index in [0.29, 0.717) is 4.73 Å². The molecule has 1 aliphatic heterocycles. The Morgan fingerprint density at radius 3 is 1.41 bits per heavy atom. The summed E-state index contributed by atoms with van der Waals surface area (Å²) in [5.41, 5.74) is 4.17. The summed E-state index contributed by atoms with van der Waals surface area (Å²) < 4.78 is 14.3. The van der Waals surface area contributed by atoms with E-state index < -0.39 is 30.1 Å². The number of ether oxygens (including phenoxy) is 2. The van der Waals surface area contributed by atoms with Crippen LogP contribution in [-0.4, -0.2) is 28.9 Å². The molecule has 0 saturated carbocycles. The first-order valence-electron chi connectivity index (χ1n) is 16.5. The molecule has 0 N–H and O–H groups in total. The fourth-order valence-electron chi connectivity index (χ4n) is 6.06. The van der Waals surface area contributed by atoms with Gasteiger partial charge in [0.1, 0.15) is 12.2 Å². The van der Waals surface area contributed by atoms with E-state index in [1.165, 1.54) is 18.0 Å². The second-order valence-electron chi connectivity index (χ2n) is 11.9. The van der Waals surface area contributed by atoms with Crippen molar-refractivity contribution in [2.75, 3.05) is 12.0 Å². The molecule has 2 amide bonds. The molecule has 1 atom stereocenters. The average molecular weight is 695 g/mol. The van der Waals surface area contributed by atoms with Gasteiger partial charge in [-0.25, -0.2) is 4.84 Å². The van der Waals surface area contributed by atoms with Gasteiger partial charge in [0, 0.05) is 5.75 Å². The van der Waals surface area contributed by atoms with Crippen molar-refractivity contribution in [1.29, 1.82) is 0 Å². The van der Waals surface area contributed by atoms with E-state index >= 15 is 0 Å². The standard InChI is InChI=1S/C42H34N2O6S/c1-51-28-38(50-44-41(45)33-24-14-15-25-34(33)42(44)46)35-26-36(48-39(29-16-6-2-7-17-29)30-18-8-3-9-19-30)37(27-43(35)47)49-40(31-20-10-4-11-21-31)32-22-12-5-13-23-32/h2-27,38-40H,28H2,1H3. The molecule has 254 valence electrons. The summed E-state index contributed by atoms with van der Waals surface area (Å²) in [6, 6.07) is 47.2. The van der Waals surface area contributed by atoms with E-state index in [2.05, 4.69) is 0 Å². The number of fused-ring (bicyclic) bond motifs is 1. The number of benzene rings is 5. The zero-order valence-electron chi connectivity index (χ0n) is 27.7. The number of carbonyl (C=O) groups excluding carboxylic acids is 2. The quantitative estimate of drug-likeness (QED) is 0.0683. The van der Waals surface area contributed by atoms with E-state index in [1.807, 2.05) is 128 Å². The molecule has 9 heteroatoms. The SMILES string of the molecule is CSCC(ON1C(=O)c2ccccc2C1=O)c1cc(OC(c2ccccc2)c2ccccc2)c(OC(c2ccccc2)c2ccccc2)c[n+]1[O-]. The third kappa shape index (κ3) is 7.21. The summed E-state index contributed by atoms with van der Waals surface area (Å²) in [6.07, 6.45) is 1.03. The zero-order valence-corrected chi connectivity index (χ0v) is 28.5. The van der Waals surface area contributed by atoms with Gasteiger partial charge in [0.25, 0.3) is 11.8 Å². The third-order valence-corrected chi connectivity index (χ3v) is 9.18. The van der Waals surface area contributed by atoms with Crippen molar-refractivity contribution in [1.82, 2.24) is 5.06 Å². The van der Waals surface area contributed by atoms with Crippen LogP contribution in [0.5, 0.6) is 11.5 Å². The molecule has 0 radical (unpaired) electrons. The number of hydrogen-bond donors (Lipinski definition) is 0. The van der Waals surface area contributed by atoms with E-state index in [-0.39, 0.29) is 34.1 Å². The molecule has 1 aliphatic rings. The molecule has 2 heterocycles. The second-order valence-corrected chi connectivity index (χ2v) is 12.8. The first-order valence-corrected chi connectivity index (χ1v) is 17.8. The first kappa shape index (κ1) is 33.6. The predicted octanol–water partition coefficient (Wildman–Crippen LogP) is 8.29. The molecule has 0 saturated heterocycles. The minimum atomic E-state index is -0.998. The van der Waals surface area contributed by atoms with Gasteiger partial charge in [0.15, 0.2) is 11.9 Å². The van der Waals surface area contributed by atoms with E-state index in [1.54, 1.807) is 30.3 Å². The van der Waals surface area contributed by atoms with Crippen LogP contribution in [0.3, 0.4) is 0 Å². The normalized spacial score (nSPS) is 13.0. The van der Waals surface area contributed by atoms with Crippen LogP contribution >= 0.6 is 11.8 Å². The Labute approximate surface area is 300 Å². The van der Waals surface area contributed by atoms with Crippen LogP contribution in [0.25, 0.3) is 0 Å². The van der Waals surface area contributed by atoms with Crippen LogP contribution < -0.4 is 14.2 Å². The fourth-order valence-corrected chi connectivity index (χ4v) is 6.60. The number of carbonyl (C=O) groups is 2. The molecule has 0 spiro atoms. The average Bonchev–Trinajstić information content (AvgIpc) is 3.42. The lowest BCUT2D eigenvalue weighted by molar-refractivity contribution is -0.620. The van der Waals surface area contributed by atoms with Crippen molar-refractivity contribution in [3.8, 4) is 11.5 Å². The molecule has 0 aliphatic carbocycles. The van der Waals surface area contributed by atoms with Gasteiger partial charge in [0.2, 0.25) is 17.6 Å². The number of hydrogen-bond acceptors (Lipinski definition) is 7. The number of imide groups is 1. The van der Waals surface area contributed by atoms with Crippen LogP contribution in [0.15, 0.2) is 158 Å². The van der Waals surface area contributed by atoms with Gasteiger partial charge in [0.05, 0.1) is 17.2 Å². The van der Waals surface area contributed by atoms with Crippen molar-refractivity contribution in [2.24, 2.45) is 0 Å². The molecule has 7 rings (SSSR count). The summed E-state index contributed by atoms with van der Waals surface area (Å²) >= 11 is 1.41. The number of rotatable bonds is 13. The lowest BCUT2D eigenvalue weighted by atomic mass is 10.0. The minimum Gasteiger partial charge on any atom is -0.618 e. The second kappa shape index (κ2) is 15.3. The zero-order chi connectivity index (χ0) is 35.2. The Morgan fingerprint density at radius 2 is 1.00 bits per heavy atom. The van der Waals surface area contributed by atoms with Crippen molar-refractivity contribution in [2.45, 2.75) is 18.3 Å². The van der Waals surface area contributed by atoms with E-state index in [4.69, 9.17) is 14.3 Å². The largest absolute Gasteiger partial charge is 0.618 e. The van der Waals surface area contributed by atoms with E-state index in [0.717, 1.165) is 27.3 Å². The Balaban J connectivity index is 1.33.